The Kier molecular flexibility index (Phi) is 4.89. The lowest BCUT2D eigenvalue weighted by atomic mass is 10.2. The largest absolute Gasteiger partial charge is 0.444 e. The fourth-order valence-electron chi connectivity index (χ4n) is 1.50. The van der Waals surface area contributed by atoms with E-state index in [1.165, 1.54) is 24.5 Å². The van der Waals surface area contributed by atoms with Gasteiger partial charge in [-0.3, -0.25) is 0 Å². The summed E-state index contributed by atoms with van der Waals surface area (Å²) in [4.78, 5) is 4.06. The van der Waals surface area contributed by atoms with Crippen LogP contribution in [0.3, 0.4) is 0 Å². The molecule has 0 fully saturated rings. The summed E-state index contributed by atoms with van der Waals surface area (Å²) in [5.41, 5.74) is 0.871. The molecule has 0 amide bonds. The molecule has 0 radical (unpaired) electrons. The van der Waals surface area contributed by atoms with Crippen LogP contribution in [0.4, 0.5) is 17.6 Å². The third kappa shape index (κ3) is 4.47. The smallest absolute Gasteiger partial charge is 0.415 e. The van der Waals surface area contributed by atoms with Crippen molar-refractivity contribution in [2.75, 3.05) is 5.75 Å². The highest BCUT2D eigenvalue weighted by Gasteiger charge is 2.37. The predicted octanol–water partition coefficient (Wildman–Crippen LogP) is 3.64. The second-order valence-electron chi connectivity index (χ2n) is 4.23. The van der Waals surface area contributed by atoms with E-state index in [1.54, 1.807) is 6.07 Å². The van der Waals surface area contributed by atoms with E-state index in [-0.39, 0.29) is 11.6 Å². The first kappa shape index (κ1) is 15.8. The molecule has 3 nitrogen and oxygen atoms in total. The summed E-state index contributed by atoms with van der Waals surface area (Å²) in [5.74, 6) is -0.561. The van der Waals surface area contributed by atoms with Gasteiger partial charge in [0.15, 0.2) is 6.10 Å². The second kappa shape index (κ2) is 6.48. The van der Waals surface area contributed by atoms with Gasteiger partial charge in [0.1, 0.15) is 12.1 Å². The number of aliphatic hydroxyl groups excluding tert-OH is 1. The highest BCUT2D eigenvalue weighted by Crippen LogP contribution is 2.25. The Morgan fingerprint density at radius 1 is 1.33 bits per heavy atom. The van der Waals surface area contributed by atoms with Gasteiger partial charge >= 0.3 is 6.18 Å². The average molecular weight is 321 g/mol. The molecule has 1 atom stereocenters. The van der Waals surface area contributed by atoms with Crippen LogP contribution in [0.25, 0.3) is 11.5 Å². The van der Waals surface area contributed by atoms with Gasteiger partial charge in [0.2, 0.25) is 5.89 Å². The Hall–Kier alpha value is -1.54. The maximum atomic E-state index is 13.1. The first-order valence-electron chi connectivity index (χ1n) is 5.89. The van der Waals surface area contributed by atoms with E-state index < -0.39 is 23.9 Å². The molecule has 1 unspecified atom stereocenters. The van der Waals surface area contributed by atoms with E-state index >= 15 is 0 Å². The van der Waals surface area contributed by atoms with Gasteiger partial charge in [0.25, 0.3) is 0 Å². The Morgan fingerprint density at radius 3 is 2.76 bits per heavy atom. The van der Waals surface area contributed by atoms with Crippen molar-refractivity contribution in [2.45, 2.75) is 18.0 Å². The molecule has 8 heteroatoms. The topological polar surface area (TPSA) is 46.3 Å². The molecule has 2 aromatic rings. The number of hydrogen-bond donors (Lipinski definition) is 1. The van der Waals surface area contributed by atoms with Crippen LogP contribution in [0.15, 0.2) is 34.9 Å². The van der Waals surface area contributed by atoms with Crippen LogP contribution in [0, 0.1) is 5.82 Å². The van der Waals surface area contributed by atoms with Gasteiger partial charge in [-0.2, -0.15) is 24.9 Å². The first-order chi connectivity index (χ1) is 9.86. The molecule has 0 aliphatic heterocycles. The third-order valence-electron chi connectivity index (χ3n) is 2.53. The molecule has 0 aliphatic rings. The number of nitrogens with zero attached hydrogens (tertiary/aromatic N) is 1. The minimum atomic E-state index is -4.62. The van der Waals surface area contributed by atoms with Crippen LogP contribution in [0.2, 0.25) is 0 Å². The van der Waals surface area contributed by atoms with Crippen molar-refractivity contribution in [3.8, 4) is 11.5 Å². The van der Waals surface area contributed by atoms with Gasteiger partial charge in [0.05, 0.1) is 5.69 Å². The van der Waals surface area contributed by atoms with Crippen LogP contribution >= 0.6 is 11.8 Å². The minimum absolute atomic E-state index is 0.159. The van der Waals surface area contributed by atoms with Crippen molar-refractivity contribution in [1.82, 2.24) is 4.98 Å². The molecule has 0 saturated carbocycles. The van der Waals surface area contributed by atoms with Crippen molar-refractivity contribution in [2.24, 2.45) is 0 Å². The number of rotatable bonds is 5. The summed E-state index contributed by atoms with van der Waals surface area (Å²) < 4.78 is 54.5. The van der Waals surface area contributed by atoms with Gasteiger partial charge in [-0.25, -0.2) is 9.37 Å². The van der Waals surface area contributed by atoms with Crippen molar-refractivity contribution in [1.29, 1.82) is 0 Å². The summed E-state index contributed by atoms with van der Waals surface area (Å²) in [6.07, 6.45) is -5.69. The zero-order valence-corrected chi connectivity index (χ0v) is 11.4. The van der Waals surface area contributed by atoms with Crippen molar-refractivity contribution in [3.63, 3.8) is 0 Å². The number of aromatic nitrogens is 1. The standard InChI is InChI=1S/C13H11F4NO2S/c14-9-3-1-2-8(4-9)12-18-10(5-20-12)6-21-7-11(19)13(15,16)17/h1-5,11,19H,6-7H2. The SMILES string of the molecule is OC(CSCc1coc(-c2cccc(F)c2)n1)C(F)(F)F. The molecule has 1 N–H and O–H groups in total. The van der Waals surface area contributed by atoms with Gasteiger partial charge in [-0.15, -0.1) is 0 Å². The number of benzene rings is 1. The fourth-order valence-corrected chi connectivity index (χ4v) is 2.37. The van der Waals surface area contributed by atoms with Crippen LogP contribution < -0.4 is 0 Å². The van der Waals surface area contributed by atoms with Crippen LogP contribution in [-0.2, 0) is 5.75 Å². The van der Waals surface area contributed by atoms with E-state index in [0.717, 1.165) is 11.8 Å². The summed E-state index contributed by atoms with van der Waals surface area (Å²) in [6.45, 7) is 0. The van der Waals surface area contributed by atoms with Crippen molar-refractivity contribution < 1.29 is 27.1 Å². The first-order valence-corrected chi connectivity index (χ1v) is 7.04. The molecular weight excluding hydrogens is 310 g/mol. The lowest BCUT2D eigenvalue weighted by Crippen LogP contribution is -2.30. The van der Waals surface area contributed by atoms with Crippen LogP contribution in [0.5, 0.6) is 0 Å². The lowest BCUT2D eigenvalue weighted by molar-refractivity contribution is -0.195. The number of thioether (sulfide) groups is 1. The van der Waals surface area contributed by atoms with E-state index in [4.69, 9.17) is 9.52 Å². The maximum absolute atomic E-state index is 13.1. The average Bonchev–Trinajstić information content (AvgIpc) is 2.86. The van der Waals surface area contributed by atoms with Crippen LogP contribution in [0.1, 0.15) is 5.69 Å². The zero-order chi connectivity index (χ0) is 15.5. The van der Waals surface area contributed by atoms with E-state index in [2.05, 4.69) is 4.98 Å². The normalized spacial score (nSPS) is 13.4. The Labute approximate surface area is 122 Å². The molecular formula is C13H11F4NO2S. The van der Waals surface area contributed by atoms with E-state index in [1.807, 2.05) is 0 Å². The molecule has 0 bridgehead atoms. The summed E-state index contributed by atoms with van der Waals surface area (Å²) in [5, 5.41) is 8.85. The Bertz CT molecular complexity index is 600. The molecule has 0 saturated heterocycles. The molecule has 2 rings (SSSR count). The molecule has 0 aliphatic carbocycles. The highest BCUT2D eigenvalue weighted by atomic mass is 32.2. The molecule has 0 spiro atoms. The summed E-state index contributed by atoms with van der Waals surface area (Å²) >= 11 is 0.886. The Morgan fingerprint density at radius 2 is 2.10 bits per heavy atom. The van der Waals surface area contributed by atoms with Gasteiger partial charge in [-0.05, 0) is 18.2 Å². The molecule has 1 aromatic heterocycles. The Balaban J connectivity index is 1.92. The number of oxazole rings is 1. The molecule has 1 aromatic carbocycles. The number of alkyl halides is 3. The zero-order valence-electron chi connectivity index (χ0n) is 10.6. The van der Waals surface area contributed by atoms with Gasteiger partial charge in [0, 0.05) is 17.1 Å². The molecule has 114 valence electrons. The van der Waals surface area contributed by atoms with Crippen molar-refractivity contribution in [3.05, 3.63) is 42.0 Å². The predicted molar refractivity (Wildman–Crippen MR) is 70.1 cm³/mol. The summed E-state index contributed by atoms with van der Waals surface area (Å²) in [7, 11) is 0. The number of hydrogen-bond acceptors (Lipinski definition) is 4. The minimum Gasteiger partial charge on any atom is -0.444 e. The second-order valence-corrected chi connectivity index (χ2v) is 5.26. The van der Waals surface area contributed by atoms with Crippen LogP contribution in [-0.4, -0.2) is 28.1 Å². The number of aliphatic hydroxyl groups is 1. The third-order valence-corrected chi connectivity index (χ3v) is 3.58. The highest BCUT2D eigenvalue weighted by molar-refractivity contribution is 7.98. The molecule has 21 heavy (non-hydrogen) atoms. The van der Waals surface area contributed by atoms with Gasteiger partial charge in [-0.1, -0.05) is 6.07 Å². The summed E-state index contributed by atoms with van der Waals surface area (Å²) in [6, 6.07) is 5.64. The van der Waals surface area contributed by atoms with E-state index in [9.17, 15) is 17.6 Å². The molecule has 1 heterocycles. The van der Waals surface area contributed by atoms with Gasteiger partial charge < -0.3 is 9.52 Å². The van der Waals surface area contributed by atoms with E-state index in [0.29, 0.717) is 11.3 Å². The monoisotopic (exact) mass is 321 g/mol. The number of halogens is 4. The quantitative estimate of drug-likeness (QED) is 0.854. The fraction of sp³-hybridized carbons (Fsp3) is 0.308. The lowest BCUT2D eigenvalue weighted by Gasteiger charge is -2.13. The maximum Gasteiger partial charge on any atom is 0.415 e. The van der Waals surface area contributed by atoms with Crippen molar-refractivity contribution >= 4 is 11.8 Å².